The summed E-state index contributed by atoms with van der Waals surface area (Å²) >= 11 is 0. The molecule has 0 amide bonds. The molecule has 4 rings (SSSR count). The van der Waals surface area contributed by atoms with E-state index in [-0.39, 0.29) is 0 Å². The van der Waals surface area contributed by atoms with Crippen molar-refractivity contribution in [2.45, 2.75) is 23.1 Å². The first-order valence-corrected chi connectivity index (χ1v) is 10.8. The zero-order chi connectivity index (χ0) is 33.8. The number of hydrogen-bond donors (Lipinski definition) is 0. The fourth-order valence-electron chi connectivity index (χ4n) is 4.84. The standard InChI is InChI=1S/C24H2BF19/c25-23(4-8(29)14(35)19(40)15(36)9(4)30)21(42)2(26)1-22(43,3-6(27)12(33)18(39)13(34)7(3)28)24(23,44)5-10(31)16(37)20(41)17(38)11(5)32/h1H2. The number of rotatable bonds is 3. The summed E-state index contributed by atoms with van der Waals surface area (Å²) in [6, 6.07) is 0. The third-order valence-corrected chi connectivity index (χ3v) is 6.84. The molecular weight excluding hydrogens is 660 g/mol. The van der Waals surface area contributed by atoms with E-state index in [0.29, 0.717) is 0 Å². The molecule has 3 unspecified atom stereocenters. The van der Waals surface area contributed by atoms with E-state index in [1.54, 1.807) is 0 Å². The molecule has 0 saturated heterocycles. The lowest BCUT2D eigenvalue weighted by atomic mass is 9.45. The van der Waals surface area contributed by atoms with Gasteiger partial charge in [-0.1, -0.05) is 0 Å². The second-order valence-corrected chi connectivity index (χ2v) is 9.00. The average Bonchev–Trinajstić information content (AvgIpc) is 2.97. The van der Waals surface area contributed by atoms with E-state index in [9.17, 15) is 61.5 Å². The smallest absolute Gasteiger partial charge is 0.200 e. The Morgan fingerprint density at radius 3 is 0.932 bits per heavy atom. The van der Waals surface area contributed by atoms with Crippen molar-refractivity contribution in [1.29, 1.82) is 0 Å². The molecule has 1 aliphatic rings. The number of allylic oxidation sites excluding steroid dienone is 2. The van der Waals surface area contributed by atoms with Crippen LogP contribution >= 0.6 is 0 Å². The van der Waals surface area contributed by atoms with Crippen molar-refractivity contribution >= 4 is 7.85 Å². The van der Waals surface area contributed by atoms with Crippen LogP contribution in [0.3, 0.4) is 0 Å². The van der Waals surface area contributed by atoms with Crippen LogP contribution in [0.15, 0.2) is 11.7 Å². The molecule has 20 heteroatoms. The molecule has 0 bridgehead atoms. The summed E-state index contributed by atoms with van der Waals surface area (Å²) in [6.45, 7) is 0. The zero-order valence-corrected chi connectivity index (χ0v) is 20.0. The number of alkyl halides is 2. The molecule has 0 N–H and O–H groups in total. The van der Waals surface area contributed by atoms with Gasteiger partial charge in [0.2, 0.25) is 17.5 Å². The van der Waals surface area contributed by atoms with E-state index < -0.39 is 139 Å². The minimum absolute atomic E-state index is 3.20. The molecule has 44 heavy (non-hydrogen) atoms. The SMILES string of the molecule is [B]C1(c2c(F)c(F)c(F)c(F)c2F)C(F)=C(F)CC(F)(c2c(F)c(F)c(F)c(F)c2F)C1(F)c1c(F)c(F)c(F)c(F)c1F. The third kappa shape index (κ3) is 3.71. The summed E-state index contributed by atoms with van der Waals surface area (Å²) in [4.78, 5) is 0. The van der Waals surface area contributed by atoms with Crippen molar-refractivity contribution < 1.29 is 83.4 Å². The molecule has 0 spiro atoms. The van der Waals surface area contributed by atoms with Crippen LogP contribution in [-0.4, -0.2) is 7.85 Å². The van der Waals surface area contributed by atoms with E-state index in [2.05, 4.69) is 0 Å². The highest BCUT2D eigenvalue weighted by Gasteiger charge is 2.75. The van der Waals surface area contributed by atoms with E-state index >= 15 is 22.0 Å². The zero-order valence-electron chi connectivity index (χ0n) is 20.0. The highest BCUT2D eigenvalue weighted by Crippen LogP contribution is 2.67. The van der Waals surface area contributed by atoms with Crippen LogP contribution in [0.5, 0.6) is 0 Å². The Hall–Kier alpha value is -3.87. The molecule has 1 aliphatic carbocycles. The van der Waals surface area contributed by atoms with Gasteiger partial charge in [0.05, 0.1) is 24.3 Å². The normalized spacial score (nSPS) is 24.0. The highest BCUT2D eigenvalue weighted by molar-refractivity contribution is 6.19. The van der Waals surface area contributed by atoms with Crippen LogP contribution in [0.2, 0.25) is 0 Å². The second-order valence-electron chi connectivity index (χ2n) is 9.00. The average molecular weight is 662 g/mol. The predicted octanol–water partition coefficient (Wildman–Crippen LogP) is 8.42. The van der Waals surface area contributed by atoms with Crippen molar-refractivity contribution in [2.75, 3.05) is 0 Å². The van der Waals surface area contributed by atoms with Crippen molar-refractivity contribution in [3.8, 4) is 0 Å². The quantitative estimate of drug-likeness (QED) is 0.114. The Kier molecular flexibility index (Phi) is 7.57. The molecule has 0 saturated carbocycles. The Labute approximate surface area is 230 Å². The Morgan fingerprint density at radius 1 is 0.364 bits per heavy atom. The Morgan fingerprint density at radius 2 is 0.614 bits per heavy atom. The van der Waals surface area contributed by atoms with Crippen molar-refractivity contribution in [3.63, 3.8) is 0 Å². The lowest BCUT2D eigenvalue weighted by Crippen LogP contribution is -2.63. The number of benzene rings is 3. The van der Waals surface area contributed by atoms with Crippen LogP contribution in [0.1, 0.15) is 23.1 Å². The van der Waals surface area contributed by atoms with E-state index in [0.717, 1.165) is 0 Å². The highest BCUT2D eigenvalue weighted by atomic mass is 19.2. The summed E-state index contributed by atoms with van der Waals surface area (Å²) in [5, 5.41) is -5.83. The summed E-state index contributed by atoms with van der Waals surface area (Å²) < 4.78 is 280. The van der Waals surface area contributed by atoms with Crippen LogP contribution in [-0.2, 0) is 16.7 Å². The van der Waals surface area contributed by atoms with Gasteiger partial charge in [0.15, 0.2) is 81.1 Å². The molecule has 0 heterocycles. The largest absolute Gasteiger partial charge is 0.234 e. The van der Waals surface area contributed by atoms with Gasteiger partial charge in [-0.25, -0.2) is 83.4 Å². The minimum atomic E-state index is -6.51. The topological polar surface area (TPSA) is 0 Å². The van der Waals surface area contributed by atoms with Gasteiger partial charge < -0.3 is 0 Å². The number of halogens is 19. The lowest BCUT2D eigenvalue weighted by molar-refractivity contribution is -0.106. The van der Waals surface area contributed by atoms with Gasteiger partial charge in [-0.3, -0.25) is 0 Å². The van der Waals surface area contributed by atoms with Crippen LogP contribution < -0.4 is 0 Å². The molecule has 0 fully saturated rings. The van der Waals surface area contributed by atoms with Crippen LogP contribution in [0.25, 0.3) is 0 Å². The van der Waals surface area contributed by atoms with E-state index in [1.807, 2.05) is 0 Å². The molecule has 0 nitrogen and oxygen atoms in total. The maximum atomic E-state index is 17.4. The lowest BCUT2D eigenvalue weighted by Gasteiger charge is -2.53. The van der Waals surface area contributed by atoms with Crippen molar-refractivity contribution in [2.24, 2.45) is 0 Å². The Bertz CT molecular complexity index is 1730. The Balaban J connectivity index is 2.44. The first kappa shape index (κ1) is 33.0. The molecular formula is C24H2BF19. The maximum absolute atomic E-state index is 17.4. The van der Waals surface area contributed by atoms with Gasteiger partial charge in [-0.2, -0.15) is 0 Å². The fourth-order valence-corrected chi connectivity index (χ4v) is 4.84. The minimum Gasteiger partial charge on any atom is -0.234 e. The molecule has 3 atom stereocenters. The van der Waals surface area contributed by atoms with Crippen molar-refractivity contribution in [3.05, 3.63) is 116 Å². The van der Waals surface area contributed by atoms with Crippen LogP contribution in [0.4, 0.5) is 83.4 Å². The van der Waals surface area contributed by atoms with Gasteiger partial charge >= 0.3 is 0 Å². The van der Waals surface area contributed by atoms with Gasteiger partial charge in [-0.05, 0) is 0 Å². The molecule has 0 aromatic heterocycles. The summed E-state index contributed by atoms with van der Waals surface area (Å²) in [6.07, 6.45) is -3.22. The van der Waals surface area contributed by atoms with Gasteiger partial charge in [-0.15, -0.1) is 0 Å². The summed E-state index contributed by atoms with van der Waals surface area (Å²) in [5.41, 5.74) is -23.1. The maximum Gasteiger partial charge on any atom is 0.200 e. The monoisotopic (exact) mass is 662 g/mol. The second kappa shape index (κ2) is 10.1. The van der Waals surface area contributed by atoms with Gasteiger partial charge in [0.25, 0.3) is 0 Å². The molecule has 3 aromatic carbocycles. The van der Waals surface area contributed by atoms with Crippen molar-refractivity contribution in [1.82, 2.24) is 0 Å². The summed E-state index contributed by atoms with van der Waals surface area (Å²) in [7, 11) is 5.11. The first-order chi connectivity index (χ1) is 20.1. The molecule has 3 aromatic rings. The first-order valence-electron chi connectivity index (χ1n) is 10.8. The summed E-state index contributed by atoms with van der Waals surface area (Å²) in [5.74, 6) is -58.4. The third-order valence-electron chi connectivity index (χ3n) is 6.84. The van der Waals surface area contributed by atoms with Crippen LogP contribution in [0, 0.1) is 87.3 Å². The molecule has 234 valence electrons. The van der Waals surface area contributed by atoms with E-state index in [4.69, 9.17) is 7.85 Å². The van der Waals surface area contributed by atoms with Gasteiger partial charge in [0, 0.05) is 12.0 Å². The molecule has 0 aliphatic heterocycles. The van der Waals surface area contributed by atoms with Gasteiger partial charge in [0.1, 0.15) is 11.7 Å². The number of hydrogen-bond acceptors (Lipinski definition) is 0. The fraction of sp³-hybridized carbons (Fsp3) is 0.167. The molecule has 2 radical (unpaired) electrons. The predicted molar refractivity (Wildman–Crippen MR) is 106 cm³/mol. The van der Waals surface area contributed by atoms with E-state index in [1.165, 1.54) is 0 Å².